The Balaban J connectivity index is 2.22. The largest absolute Gasteiger partial charge is 0.478 e. The highest BCUT2D eigenvalue weighted by molar-refractivity contribution is 5.96. The number of aromatic carboxylic acids is 1. The van der Waals surface area contributed by atoms with E-state index in [0.29, 0.717) is 23.4 Å². The molecule has 1 heterocycles. The van der Waals surface area contributed by atoms with Crippen LogP contribution in [-0.2, 0) is 6.42 Å². The number of rotatable bonds is 5. The zero-order valence-corrected chi connectivity index (χ0v) is 14.3. The van der Waals surface area contributed by atoms with E-state index >= 15 is 0 Å². The summed E-state index contributed by atoms with van der Waals surface area (Å²) in [7, 11) is 0. The van der Waals surface area contributed by atoms with Gasteiger partial charge in [0.05, 0.1) is 16.3 Å². The summed E-state index contributed by atoms with van der Waals surface area (Å²) in [5, 5.41) is 25.1. The van der Waals surface area contributed by atoms with Crippen molar-refractivity contribution < 1.29 is 14.8 Å². The van der Waals surface area contributed by atoms with Crippen molar-refractivity contribution in [3.8, 4) is 16.9 Å². The van der Waals surface area contributed by atoms with E-state index in [1.54, 1.807) is 4.68 Å². The Morgan fingerprint density at radius 1 is 1.23 bits per heavy atom. The third-order valence-corrected chi connectivity index (χ3v) is 4.13. The molecule has 1 aromatic heterocycles. The van der Waals surface area contributed by atoms with Crippen LogP contribution in [0, 0.1) is 17.0 Å². The maximum Gasteiger partial charge on any atom is 0.339 e. The minimum Gasteiger partial charge on any atom is -0.478 e. The molecule has 0 aliphatic rings. The molecule has 0 saturated carbocycles. The van der Waals surface area contributed by atoms with Crippen molar-refractivity contribution in [2.75, 3.05) is 0 Å². The number of carboxylic acids is 1. The van der Waals surface area contributed by atoms with Crippen LogP contribution in [0.3, 0.4) is 0 Å². The summed E-state index contributed by atoms with van der Waals surface area (Å²) in [4.78, 5) is 22.2. The molecule has 0 saturated heterocycles. The van der Waals surface area contributed by atoms with E-state index < -0.39 is 10.9 Å². The third-order valence-electron chi connectivity index (χ3n) is 4.13. The molecular weight excluding hydrogens is 334 g/mol. The molecule has 0 atom stereocenters. The molecule has 0 amide bonds. The van der Waals surface area contributed by atoms with Gasteiger partial charge in [0.25, 0.3) is 5.69 Å². The van der Waals surface area contributed by atoms with Gasteiger partial charge in [0.1, 0.15) is 11.3 Å². The number of aryl methyl sites for hydroxylation is 1. The van der Waals surface area contributed by atoms with Crippen LogP contribution in [0.25, 0.3) is 16.9 Å². The molecule has 2 aromatic carbocycles. The number of hydrogen-bond donors (Lipinski definition) is 1. The molecule has 1 N–H and O–H groups in total. The van der Waals surface area contributed by atoms with E-state index in [9.17, 15) is 20.0 Å². The Kier molecular flexibility index (Phi) is 4.53. The maximum absolute atomic E-state index is 11.9. The average Bonchev–Trinajstić information content (AvgIpc) is 3.01. The molecule has 0 fully saturated rings. The van der Waals surface area contributed by atoms with Crippen molar-refractivity contribution in [3.05, 3.63) is 75.5 Å². The second-order valence-corrected chi connectivity index (χ2v) is 5.88. The van der Waals surface area contributed by atoms with E-state index in [4.69, 9.17) is 0 Å². The summed E-state index contributed by atoms with van der Waals surface area (Å²) in [6.07, 6.45) is 0.482. The molecule has 3 aromatic rings. The van der Waals surface area contributed by atoms with E-state index in [1.807, 2.05) is 38.1 Å². The van der Waals surface area contributed by atoms with Crippen LogP contribution in [0.5, 0.6) is 0 Å². The van der Waals surface area contributed by atoms with Crippen LogP contribution in [0.1, 0.15) is 28.5 Å². The molecule has 26 heavy (non-hydrogen) atoms. The predicted molar refractivity (Wildman–Crippen MR) is 96.7 cm³/mol. The van der Waals surface area contributed by atoms with E-state index in [2.05, 4.69) is 5.10 Å². The van der Waals surface area contributed by atoms with Gasteiger partial charge in [-0.25, -0.2) is 9.48 Å². The van der Waals surface area contributed by atoms with Gasteiger partial charge < -0.3 is 5.11 Å². The first-order valence-corrected chi connectivity index (χ1v) is 8.09. The number of carboxylic acid groups (broad SMARTS) is 1. The zero-order valence-electron chi connectivity index (χ0n) is 14.3. The van der Waals surface area contributed by atoms with E-state index in [0.717, 1.165) is 11.3 Å². The lowest BCUT2D eigenvalue weighted by Gasteiger charge is -2.07. The molecule has 132 valence electrons. The van der Waals surface area contributed by atoms with Crippen molar-refractivity contribution >= 4 is 11.7 Å². The molecule has 0 unspecified atom stereocenters. The first-order chi connectivity index (χ1) is 12.4. The Morgan fingerprint density at radius 3 is 2.46 bits per heavy atom. The first kappa shape index (κ1) is 17.3. The summed E-state index contributed by atoms with van der Waals surface area (Å²) in [6, 6.07) is 13.4. The lowest BCUT2D eigenvalue weighted by molar-refractivity contribution is -0.384. The van der Waals surface area contributed by atoms with Crippen LogP contribution < -0.4 is 0 Å². The minimum atomic E-state index is -1.07. The Morgan fingerprint density at radius 2 is 1.92 bits per heavy atom. The number of non-ortho nitro benzene ring substituents is 1. The van der Waals surface area contributed by atoms with Crippen LogP contribution in [0.4, 0.5) is 5.69 Å². The molecule has 0 bridgehead atoms. The zero-order chi connectivity index (χ0) is 18.8. The van der Waals surface area contributed by atoms with Crippen molar-refractivity contribution in [2.24, 2.45) is 0 Å². The molecular formula is C19H17N3O4. The smallest absolute Gasteiger partial charge is 0.339 e. The molecule has 0 aliphatic carbocycles. The monoisotopic (exact) mass is 351 g/mol. The summed E-state index contributed by atoms with van der Waals surface area (Å²) >= 11 is 0. The van der Waals surface area contributed by atoms with Gasteiger partial charge in [-0.3, -0.25) is 10.1 Å². The second kappa shape index (κ2) is 6.79. The lowest BCUT2D eigenvalue weighted by atomic mass is 10.0. The maximum atomic E-state index is 11.9. The first-order valence-electron chi connectivity index (χ1n) is 8.09. The summed E-state index contributed by atoms with van der Waals surface area (Å²) < 4.78 is 1.63. The van der Waals surface area contributed by atoms with Gasteiger partial charge in [-0.1, -0.05) is 19.1 Å². The molecule has 7 heteroatoms. The number of hydrogen-bond acceptors (Lipinski definition) is 4. The minimum absolute atomic E-state index is 0.0561. The number of nitro groups is 1. The highest BCUT2D eigenvalue weighted by atomic mass is 16.6. The second-order valence-electron chi connectivity index (χ2n) is 5.88. The number of nitro benzene ring substituents is 1. The quantitative estimate of drug-likeness (QED) is 0.553. The summed E-state index contributed by atoms with van der Waals surface area (Å²) in [5.74, 6) is -1.07. The average molecular weight is 351 g/mol. The molecule has 0 spiro atoms. The van der Waals surface area contributed by atoms with Gasteiger partial charge in [0.15, 0.2) is 0 Å². The van der Waals surface area contributed by atoms with Crippen LogP contribution in [0.2, 0.25) is 0 Å². The summed E-state index contributed by atoms with van der Waals surface area (Å²) in [6.45, 7) is 3.82. The van der Waals surface area contributed by atoms with Crippen molar-refractivity contribution in [1.82, 2.24) is 9.78 Å². The van der Waals surface area contributed by atoms with Gasteiger partial charge in [0.2, 0.25) is 0 Å². The third kappa shape index (κ3) is 3.06. The van der Waals surface area contributed by atoms with Gasteiger partial charge >= 0.3 is 5.97 Å². The van der Waals surface area contributed by atoms with E-state index in [-0.39, 0.29) is 11.3 Å². The van der Waals surface area contributed by atoms with Gasteiger partial charge in [0, 0.05) is 17.7 Å². The van der Waals surface area contributed by atoms with Gasteiger partial charge in [-0.2, -0.15) is 5.10 Å². The predicted octanol–water partition coefficient (Wildman–Crippen LogP) is 4.02. The molecule has 0 aliphatic heterocycles. The lowest BCUT2D eigenvalue weighted by Crippen LogP contribution is -2.05. The summed E-state index contributed by atoms with van der Waals surface area (Å²) in [5.41, 5.74) is 3.27. The number of nitrogens with zero attached hydrogens (tertiary/aromatic N) is 3. The van der Waals surface area contributed by atoms with Crippen LogP contribution >= 0.6 is 0 Å². The van der Waals surface area contributed by atoms with Crippen LogP contribution in [0.15, 0.2) is 48.5 Å². The topological polar surface area (TPSA) is 98.3 Å². The SMILES string of the molecule is CCc1c(C(=O)O)c(-c2ccc([N+](=O)[O-])cc2)nn1-c1cccc(C)c1. The Bertz CT molecular complexity index is 991. The highest BCUT2D eigenvalue weighted by Crippen LogP contribution is 2.29. The Hall–Kier alpha value is -3.48. The standard InChI is InChI=1S/C19H17N3O4/c1-3-16-17(19(23)24)18(13-7-9-14(10-8-13)22(25)26)20-21(16)15-6-4-5-12(2)11-15/h4-11H,3H2,1-2H3,(H,23,24). The molecule has 0 radical (unpaired) electrons. The normalized spacial score (nSPS) is 10.7. The Labute approximate surface area is 149 Å². The number of carbonyl (C=O) groups is 1. The van der Waals surface area contributed by atoms with Crippen molar-refractivity contribution in [2.45, 2.75) is 20.3 Å². The molecule has 3 rings (SSSR count). The van der Waals surface area contributed by atoms with Gasteiger partial charge in [-0.15, -0.1) is 0 Å². The van der Waals surface area contributed by atoms with Crippen molar-refractivity contribution in [3.63, 3.8) is 0 Å². The number of aromatic nitrogens is 2. The van der Waals surface area contributed by atoms with Crippen LogP contribution in [-0.4, -0.2) is 25.8 Å². The molecule has 7 nitrogen and oxygen atoms in total. The number of benzene rings is 2. The highest BCUT2D eigenvalue weighted by Gasteiger charge is 2.24. The fourth-order valence-electron chi connectivity index (χ4n) is 2.92. The van der Waals surface area contributed by atoms with E-state index in [1.165, 1.54) is 24.3 Å². The van der Waals surface area contributed by atoms with Crippen molar-refractivity contribution in [1.29, 1.82) is 0 Å². The fraction of sp³-hybridized carbons (Fsp3) is 0.158. The fourth-order valence-corrected chi connectivity index (χ4v) is 2.92. The van der Waals surface area contributed by atoms with Gasteiger partial charge in [-0.05, 0) is 43.2 Å².